The molecule has 2 aromatic carbocycles. The first kappa shape index (κ1) is 21.1. The molecule has 162 valence electrons. The number of nitrogens with zero attached hydrogens (tertiary/aromatic N) is 2. The summed E-state index contributed by atoms with van der Waals surface area (Å²) in [4.78, 5) is 41.8. The highest BCUT2D eigenvalue weighted by Crippen LogP contribution is 2.28. The van der Waals surface area contributed by atoms with Crippen molar-refractivity contribution in [3.8, 4) is 5.75 Å². The van der Waals surface area contributed by atoms with Gasteiger partial charge >= 0.3 is 0 Å². The Hall–Kier alpha value is -3.15. The molecule has 31 heavy (non-hydrogen) atoms. The molecule has 0 atom stereocenters. The van der Waals surface area contributed by atoms with Gasteiger partial charge in [0.1, 0.15) is 5.75 Å². The minimum absolute atomic E-state index is 0.0899. The smallest absolute Gasteiger partial charge is 0.261 e. The van der Waals surface area contributed by atoms with Crippen LogP contribution in [0.4, 0.5) is 0 Å². The number of amides is 3. The third-order valence-electron chi connectivity index (χ3n) is 6.41. The van der Waals surface area contributed by atoms with Gasteiger partial charge in [-0.05, 0) is 42.7 Å². The predicted molar refractivity (Wildman–Crippen MR) is 117 cm³/mol. The zero-order chi connectivity index (χ0) is 22.0. The maximum atomic E-state index is 13.3. The molecule has 0 unspecified atom stereocenters. The monoisotopic (exact) mass is 420 g/mol. The normalized spacial score (nSPS) is 16.8. The molecule has 1 saturated carbocycles. The number of methoxy groups -OCH3 is 1. The van der Waals surface area contributed by atoms with Gasteiger partial charge in [-0.15, -0.1) is 0 Å². The predicted octanol–water partition coefficient (Wildman–Crippen LogP) is 4.29. The molecular formula is C25H28N2O4. The van der Waals surface area contributed by atoms with E-state index in [1.165, 1.54) is 17.7 Å². The number of imide groups is 1. The van der Waals surface area contributed by atoms with Crippen LogP contribution >= 0.6 is 0 Å². The molecule has 1 heterocycles. The van der Waals surface area contributed by atoms with Gasteiger partial charge in [-0.1, -0.05) is 43.9 Å². The third kappa shape index (κ3) is 4.07. The van der Waals surface area contributed by atoms with E-state index in [0.29, 0.717) is 28.0 Å². The second-order valence-corrected chi connectivity index (χ2v) is 8.34. The summed E-state index contributed by atoms with van der Waals surface area (Å²) in [5.41, 5.74) is 2.02. The zero-order valence-corrected chi connectivity index (χ0v) is 18.1. The summed E-state index contributed by atoms with van der Waals surface area (Å²) < 4.78 is 5.45. The summed E-state index contributed by atoms with van der Waals surface area (Å²) >= 11 is 0. The standard InChI is InChI=1S/C25H28N2O4/c1-26(18-9-5-3-4-6-10-18)23(28)21-15-17(13-14-22(21)31-2)16-27-24(29)19-11-7-8-12-20(19)25(27)30/h7-8,11-15,18H,3-6,9-10,16H2,1-2H3. The first-order chi connectivity index (χ1) is 15.0. The second-order valence-electron chi connectivity index (χ2n) is 8.34. The van der Waals surface area contributed by atoms with Gasteiger partial charge in [-0.2, -0.15) is 0 Å². The van der Waals surface area contributed by atoms with Gasteiger partial charge in [0, 0.05) is 13.1 Å². The second kappa shape index (κ2) is 8.92. The minimum Gasteiger partial charge on any atom is -0.496 e. The molecule has 2 aliphatic rings. The lowest BCUT2D eigenvalue weighted by Gasteiger charge is -2.28. The Morgan fingerprint density at radius 1 is 1.00 bits per heavy atom. The van der Waals surface area contributed by atoms with E-state index in [1.54, 1.807) is 49.6 Å². The Bertz CT molecular complexity index is 973. The van der Waals surface area contributed by atoms with Crippen molar-refractivity contribution in [2.45, 2.75) is 51.1 Å². The highest BCUT2D eigenvalue weighted by molar-refractivity contribution is 6.21. The molecule has 1 aliphatic heterocycles. The third-order valence-corrected chi connectivity index (χ3v) is 6.41. The zero-order valence-electron chi connectivity index (χ0n) is 18.1. The summed E-state index contributed by atoms with van der Waals surface area (Å²) in [6.45, 7) is 0.115. The van der Waals surface area contributed by atoms with Crippen molar-refractivity contribution in [2.75, 3.05) is 14.2 Å². The van der Waals surface area contributed by atoms with Gasteiger partial charge < -0.3 is 9.64 Å². The number of fused-ring (bicyclic) bond motifs is 1. The van der Waals surface area contributed by atoms with Gasteiger partial charge in [0.2, 0.25) is 0 Å². The van der Waals surface area contributed by atoms with E-state index in [2.05, 4.69) is 0 Å². The van der Waals surface area contributed by atoms with E-state index in [4.69, 9.17) is 4.74 Å². The van der Waals surface area contributed by atoms with Crippen molar-refractivity contribution in [3.63, 3.8) is 0 Å². The molecule has 0 saturated heterocycles. The summed E-state index contributed by atoms with van der Waals surface area (Å²) in [5, 5.41) is 0. The maximum absolute atomic E-state index is 13.3. The highest BCUT2D eigenvalue weighted by atomic mass is 16.5. The molecule has 2 aromatic rings. The van der Waals surface area contributed by atoms with Crippen molar-refractivity contribution in [3.05, 3.63) is 64.7 Å². The highest BCUT2D eigenvalue weighted by Gasteiger charge is 2.35. The van der Waals surface area contributed by atoms with Crippen molar-refractivity contribution in [2.24, 2.45) is 0 Å². The SMILES string of the molecule is COc1ccc(CN2C(=O)c3ccccc3C2=O)cc1C(=O)N(C)C1CCCCCC1. The first-order valence-electron chi connectivity index (χ1n) is 10.9. The molecule has 6 heteroatoms. The van der Waals surface area contributed by atoms with Gasteiger partial charge in [0.15, 0.2) is 0 Å². The van der Waals surface area contributed by atoms with Crippen LogP contribution in [0.5, 0.6) is 5.75 Å². The molecule has 0 radical (unpaired) electrons. The van der Waals surface area contributed by atoms with Crippen LogP contribution in [0.1, 0.15) is 75.2 Å². The van der Waals surface area contributed by atoms with Crippen LogP contribution in [-0.2, 0) is 6.54 Å². The van der Waals surface area contributed by atoms with Crippen molar-refractivity contribution < 1.29 is 19.1 Å². The first-order valence-corrected chi connectivity index (χ1v) is 10.9. The van der Waals surface area contributed by atoms with Gasteiger partial charge in [-0.25, -0.2) is 0 Å². The van der Waals surface area contributed by atoms with Crippen LogP contribution in [0.25, 0.3) is 0 Å². The Labute approximate surface area is 182 Å². The Morgan fingerprint density at radius 3 is 2.19 bits per heavy atom. The van der Waals surface area contributed by atoms with Crippen LogP contribution in [-0.4, -0.2) is 47.7 Å². The average Bonchev–Trinajstić information content (AvgIpc) is 2.99. The van der Waals surface area contributed by atoms with Crippen LogP contribution in [0.3, 0.4) is 0 Å². The van der Waals surface area contributed by atoms with E-state index in [1.807, 2.05) is 11.9 Å². The number of carbonyl (C=O) groups is 3. The van der Waals surface area contributed by atoms with E-state index < -0.39 is 0 Å². The fourth-order valence-corrected chi connectivity index (χ4v) is 4.59. The number of benzene rings is 2. The lowest BCUT2D eigenvalue weighted by atomic mass is 10.0. The molecule has 4 rings (SSSR count). The van der Waals surface area contributed by atoms with E-state index in [0.717, 1.165) is 25.7 Å². The fraction of sp³-hybridized carbons (Fsp3) is 0.400. The van der Waals surface area contributed by atoms with Crippen LogP contribution in [0.15, 0.2) is 42.5 Å². The molecule has 0 bridgehead atoms. The van der Waals surface area contributed by atoms with E-state index >= 15 is 0 Å². The number of hydrogen-bond donors (Lipinski definition) is 0. The number of hydrogen-bond acceptors (Lipinski definition) is 4. The Morgan fingerprint density at radius 2 is 1.61 bits per heavy atom. The Balaban J connectivity index is 1.57. The maximum Gasteiger partial charge on any atom is 0.261 e. The molecule has 1 fully saturated rings. The molecule has 1 aliphatic carbocycles. The van der Waals surface area contributed by atoms with Gasteiger partial charge in [0.05, 0.1) is 30.3 Å². The average molecular weight is 421 g/mol. The van der Waals surface area contributed by atoms with E-state index in [-0.39, 0.29) is 30.3 Å². The largest absolute Gasteiger partial charge is 0.496 e. The topological polar surface area (TPSA) is 66.9 Å². The molecule has 0 spiro atoms. The van der Waals surface area contributed by atoms with Crippen LogP contribution in [0.2, 0.25) is 0 Å². The van der Waals surface area contributed by atoms with Gasteiger partial charge in [-0.3, -0.25) is 19.3 Å². The van der Waals surface area contributed by atoms with Crippen LogP contribution in [0, 0.1) is 0 Å². The minimum atomic E-state index is -0.306. The fourth-order valence-electron chi connectivity index (χ4n) is 4.59. The summed E-state index contributed by atoms with van der Waals surface area (Å²) in [7, 11) is 3.40. The molecule has 6 nitrogen and oxygen atoms in total. The Kier molecular flexibility index (Phi) is 6.07. The molecular weight excluding hydrogens is 392 g/mol. The summed E-state index contributed by atoms with van der Waals surface area (Å²) in [6.07, 6.45) is 6.74. The summed E-state index contributed by atoms with van der Waals surface area (Å²) in [5.74, 6) is -0.204. The lowest BCUT2D eigenvalue weighted by Crippen LogP contribution is -2.37. The lowest BCUT2D eigenvalue weighted by molar-refractivity contribution is 0.0642. The quantitative estimate of drug-likeness (QED) is 0.535. The van der Waals surface area contributed by atoms with E-state index in [9.17, 15) is 14.4 Å². The van der Waals surface area contributed by atoms with Crippen LogP contribution < -0.4 is 4.74 Å². The van der Waals surface area contributed by atoms with Crippen molar-refractivity contribution >= 4 is 17.7 Å². The molecule has 0 aromatic heterocycles. The summed E-state index contributed by atoms with van der Waals surface area (Å²) in [6, 6.07) is 12.3. The van der Waals surface area contributed by atoms with Crippen molar-refractivity contribution in [1.82, 2.24) is 9.80 Å². The van der Waals surface area contributed by atoms with Gasteiger partial charge in [0.25, 0.3) is 17.7 Å². The number of ether oxygens (including phenoxy) is 1. The number of rotatable bonds is 5. The van der Waals surface area contributed by atoms with Crippen molar-refractivity contribution in [1.29, 1.82) is 0 Å². The molecule has 0 N–H and O–H groups in total. The molecule has 3 amide bonds. The number of carbonyl (C=O) groups excluding carboxylic acids is 3.